The summed E-state index contributed by atoms with van der Waals surface area (Å²) in [5.74, 6) is 2.60. The van der Waals surface area contributed by atoms with Gasteiger partial charge in [0, 0.05) is 32.2 Å². The van der Waals surface area contributed by atoms with Gasteiger partial charge in [-0.05, 0) is 6.07 Å². The van der Waals surface area contributed by atoms with Gasteiger partial charge in [0.2, 0.25) is 12.7 Å². The highest BCUT2D eigenvalue weighted by Gasteiger charge is 2.23. The maximum atomic E-state index is 11.5. The fourth-order valence-corrected chi connectivity index (χ4v) is 3.71. The van der Waals surface area contributed by atoms with Gasteiger partial charge in [0.25, 0.3) is 5.69 Å². The van der Waals surface area contributed by atoms with Gasteiger partial charge in [0.05, 0.1) is 49.2 Å². The van der Waals surface area contributed by atoms with Crippen LogP contribution in [0.4, 0.5) is 23.3 Å². The van der Waals surface area contributed by atoms with Crippen LogP contribution in [-0.4, -0.2) is 80.5 Å². The van der Waals surface area contributed by atoms with Crippen LogP contribution < -0.4 is 24.7 Å². The average molecular weight is 457 g/mol. The zero-order valence-electron chi connectivity index (χ0n) is 17.8. The summed E-state index contributed by atoms with van der Waals surface area (Å²) in [6.45, 7) is 5.35. The second-order valence-corrected chi connectivity index (χ2v) is 7.50. The second kappa shape index (κ2) is 9.42. The monoisotopic (exact) mass is 457 g/mol. The van der Waals surface area contributed by atoms with Gasteiger partial charge in [-0.3, -0.25) is 15.5 Å². The van der Waals surface area contributed by atoms with E-state index >= 15 is 0 Å². The Morgan fingerprint density at radius 2 is 1.64 bits per heavy atom. The van der Waals surface area contributed by atoms with Gasteiger partial charge in [-0.25, -0.2) is 0 Å². The number of nitrogens with one attached hydrogen (secondary N) is 1. The minimum absolute atomic E-state index is 0.0287. The SMILES string of the molecule is O=[N+]([O-])c1cc2c(cc1/C=N\Nc1cc(N3CCOCC3)nc(N3CCOCC3)n1)OCO2. The Bertz CT molecular complexity index is 1020. The average Bonchev–Trinajstić information content (AvgIpc) is 3.32. The van der Waals surface area contributed by atoms with Crippen molar-refractivity contribution in [3.8, 4) is 11.5 Å². The van der Waals surface area contributed by atoms with Gasteiger partial charge < -0.3 is 28.7 Å². The molecule has 2 saturated heterocycles. The predicted octanol–water partition coefficient (Wildman–Crippen LogP) is 1.23. The number of nitrogens with zero attached hydrogens (tertiary/aromatic N) is 6. The molecule has 5 rings (SSSR count). The van der Waals surface area contributed by atoms with Crippen molar-refractivity contribution in [2.45, 2.75) is 0 Å². The van der Waals surface area contributed by atoms with E-state index in [0.717, 1.165) is 18.9 Å². The molecule has 13 nitrogen and oxygen atoms in total. The van der Waals surface area contributed by atoms with Gasteiger partial charge in [0.15, 0.2) is 17.3 Å². The number of morpholine rings is 2. The quantitative estimate of drug-likeness (QED) is 0.381. The normalized spacial score (nSPS) is 18.1. The van der Waals surface area contributed by atoms with E-state index < -0.39 is 4.92 Å². The third kappa shape index (κ3) is 4.73. The first-order valence-corrected chi connectivity index (χ1v) is 10.6. The van der Waals surface area contributed by atoms with E-state index in [-0.39, 0.29) is 18.0 Å². The molecule has 2 fully saturated rings. The predicted molar refractivity (Wildman–Crippen MR) is 119 cm³/mol. The standard InChI is InChI=1S/C20H23N7O6/c28-27(29)15-10-17-16(32-13-33-17)9-14(15)12-21-24-18-11-19(25-1-5-30-6-2-25)23-20(22-18)26-3-7-31-8-4-26/h9-12H,1-8,13H2,(H,22,23,24)/b21-12-. The maximum absolute atomic E-state index is 11.5. The highest BCUT2D eigenvalue weighted by Crippen LogP contribution is 2.37. The van der Waals surface area contributed by atoms with Crippen LogP contribution in [0.2, 0.25) is 0 Å². The maximum Gasteiger partial charge on any atom is 0.282 e. The molecule has 33 heavy (non-hydrogen) atoms. The van der Waals surface area contributed by atoms with Crippen LogP contribution in [0.1, 0.15) is 5.56 Å². The molecule has 0 aliphatic carbocycles. The van der Waals surface area contributed by atoms with Crippen molar-refractivity contribution in [2.75, 3.05) is 74.6 Å². The molecule has 2 aromatic rings. The highest BCUT2D eigenvalue weighted by atomic mass is 16.7. The van der Waals surface area contributed by atoms with Gasteiger partial charge in [-0.2, -0.15) is 15.1 Å². The van der Waals surface area contributed by atoms with Gasteiger partial charge >= 0.3 is 0 Å². The molecule has 174 valence electrons. The first-order chi connectivity index (χ1) is 16.2. The van der Waals surface area contributed by atoms with Crippen molar-refractivity contribution in [1.29, 1.82) is 0 Å². The van der Waals surface area contributed by atoms with Crippen LogP contribution in [0.25, 0.3) is 0 Å². The summed E-state index contributed by atoms with van der Waals surface area (Å²) < 4.78 is 21.4. The third-order valence-corrected chi connectivity index (χ3v) is 5.43. The van der Waals surface area contributed by atoms with Crippen molar-refractivity contribution in [3.63, 3.8) is 0 Å². The van der Waals surface area contributed by atoms with E-state index in [9.17, 15) is 10.1 Å². The van der Waals surface area contributed by atoms with Gasteiger partial charge in [-0.15, -0.1) is 0 Å². The van der Waals surface area contributed by atoms with E-state index in [1.54, 1.807) is 6.07 Å². The molecule has 0 spiro atoms. The van der Waals surface area contributed by atoms with Crippen molar-refractivity contribution >= 4 is 29.5 Å². The second-order valence-electron chi connectivity index (χ2n) is 7.50. The lowest BCUT2D eigenvalue weighted by Gasteiger charge is -2.31. The topological polar surface area (TPSA) is 137 Å². The molecule has 1 aromatic heterocycles. The summed E-state index contributed by atoms with van der Waals surface area (Å²) in [4.78, 5) is 24.5. The number of benzene rings is 1. The third-order valence-electron chi connectivity index (χ3n) is 5.43. The van der Waals surface area contributed by atoms with E-state index in [4.69, 9.17) is 23.9 Å². The molecule has 13 heteroatoms. The fraction of sp³-hybridized carbons (Fsp3) is 0.450. The zero-order valence-corrected chi connectivity index (χ0v) is 17.8. The highest BCUT2D eigenvalue weighted by molar-refractivity contribution is 5.87. The van der Waals surface area contributed by atoms with Crippen molar-refractivity contribution < 1.29 is 23.9 Å². The zero-order chi connectivity index (χ0) is 22.6. The summed E-state index contributed by atoms with van der Waals surface area (Å²) in [7, 11) is 0. The minimum Gasteiger partial charge on any atom is -0.454 e. The van der Waals surface area contributed by atoms with Crippen LogP contribution in [0.5, 0.6) is 11.5 Å². The molecule has 0 amide bonds. The molecular weight excluding hydrogens is 434 g/mol. The number of fused-ring (bicyclic) bond motifs is 1. The lowest BCUT2D eigenvalue weighted by Crippen LogP contribution is -2.39. The number of hydrogen-bond donors (Lipinski definition) is 1. The van der Waals surface area contributed by atoms with Crippen LogP contribution >= 0.6 is 0 Å². The minimum atomic E-state index is -0.485. The summed E-state index contributed by atoms with van der Waals surface area (Å²) >= 11 is 0. The van der Waals surface area contributed by atoms with E-state index in [1.165, 1.54) is 18.3 Å². The van der Waals surface area contributed by atoms with Crippen LogP contribution in [0, 0.1) is 10.1 Å². The van der Waals surface area contributed by atoms with Gasteiger partial charge in [-0.1, -0.05) is 0 Å². The molecule has 0 saturated carbocycles. The molecule has 0 radical (unpaired) electrons. The Morgan fingerprint density at radius 1 is 0.970 bits per heavy atom. The summed E-state index contributed by atoms with van der Waals surface area (Å²) in [6.07, 6.45) is 1.37. The smallest absolute Gasteiger partial charge is 0.282 e. The van der Waals surface area contributed by atoms with E-state index in [1.807, 2.05) is 0 Å². The molecule has 4 heterocycles. The molecule has 0 bridgehead atoms. The molecule has 1 aromatic carbocycles. The number of rotatable bonds is 6. The first-order valence-electron chi connectivity index (χ1n) is 10.6. The largest absolute Gasteiger partial charge is 0.454 e. The number of anilines is 3. The summed E-state index contributed by atoms with van der Waals surface area (Å²) in [6, 6.07) is 4.67. The number of aromatic nitrogens is 2. The lowest BCUT2D eigenvalue weighted by atomic mass is 10.1. The molecule has 0 unspecified atom stereocenters. The van der Waals surface area contributed by atoms with E-state index in [0.29, 0.717) is 62.8 Å². The summed E-state index contributed by atoms with van der Waals surface area (Å²) in [5, 5.41) is 15.7. The van der Waals surface area contributed by atoms with Crippen LogP contribution in [0.15, 0.2) is 23.3 Å². The van der Waals surface area contributed by atoms with Crippen molar-refractivity contribution in [2.24, 2.45) is 5.10 Å². The molecular formula is C20H23N7O6. The molecule has 3 aliphatic heterocycles. The number of hydrogen-bond acceptors (Lipinski definition) is 12. The Morgan fingerprint density at radius 3 is 2.33 bits per heavy atom. The van der Waals surface area contributed by atoms with Crippen molar-refractivity contribution in [1.82, 2.24) is 9.97 Å². The Labute approximate surface area is 189 Å². The Kier molecular flexibility index (Phi) is 6.04. The number of hydrazone groups is 1. The molecule has 1 N–H and O–H groups in total. The lowest BCUT2D eigenvalue weighted by molar-refractivity contribution is -0.385. The number of nitro benzene ring substituents is 1. The number of ether oxygens (including phenoxy) is 4. The van der Waals surface area contributed by atoms with Gasteiger partial charge in [0.1, 0.15) is 5.82 Å². The van der Waals surface area contributed by atoms with E-state index in [2.05, 4.69) is 25.3 Å². The van der Waals surface area contributed by atoms with Crippen molar-refractivity contribution in [3.05, 3.63) is 33.9 Å². The Balaban J connectivity index is 1.40. The van der Waals surface area contributed by atoms with Crippen LogP contribution in [0.3, 0.4) is 0 Å². The summed E-state index contributed by atoms with van der Waals surface area (Å²) in [5.41, 5.74) is 3.05. The number of nitro groups is 1. The Hall–Kier alpha value is -3.71. The first kappa shape index (κ1) is 21.2. The molecule has 3 aliphatic rings. The van der Waals surface area contributed by atoms with Crippen LogP contribution in [-0.2, 0) is 9.47 Å². The fourth-order valence-electron chi connectivity index (χ4n) is 3.71. The molecule has 0 atom stereocenters.